The van der Waals surface area contributed by atoms with Crippen LogP contribution in [0.15, 0.2) is 83.3 Å². The largest absolute Gasteiger partial charge is 1.00 e. The van der Waals surface area contributed by atoms with E-state index in [0.29, 0.717) is 18.2 Å². The van der Waals surface area contributed by atoms with E-state index in [1.54, 1.807) is 0 Å². The van der Waals surface area contributed by atoms with Crippen LogP contribution in [-0.4, -0.2) is 17.6 Å². The molecule has 1 aliphatic carbocycles. The van der Waals surface area contributed by atoms with E-state index >= 15 is 0 Å². The zero-order chi connectivity index (χ0) is 23.3. The summed E-state index contributed by atoms with van der Waals surface area (Å²) in [6.45, 7) is 0.0241. The standard InChI is InChI=1S/C28H26N2O4.Na/c31-26(32)18-33-24-16-8-13-21-22(24)14-7-15-23(21)29-17-25-30-27(19-9-3-1-4-10-19)28(34-25)20-11-5-2-6-12-20;/h1-6,8-13,16,23,29H,7,14-15,17-18H2,(H,31,32);/q;+1/p-1/t23-;/m0./s1. The molecule has 1 aromatic heterocycles. The van der Waals surface area contributed by atoms with Crippen molar-refractivity contribution in [2.75, 3.05) is 6.61 Å². The zero-order valence-electron chi connectivity index (χ0n) is 19.7. The molecule has 0 unspecified atom stereocenters. The monoisotopic (exact) mass is 476 g/mol. The SMILES string of the molecule is O=C([O-])COc1cccc2c1CCC[C@@H]2NCc1nc(-c2ccccc2)c(-c2ccccc2)o1.[Na+]. The molecule has 0 bridgehead atoms. The van der Waals surface area contributed by atoms with Crippen LogP contribution in [0.25, 0.3) is 22.6 Å². The van der Waals surface area contributed by atoms with Gasteiger partial charge < -0.3 is 24.4 Å². The topological polar surface area (TPSA) is 87.4 Å². The van der Waals surface area contributed by atoms with Crippen molar-refractivity contribution >= 4 is 5.97 Å². The predicted molar refractivity (Wildman–Crippen MR) is 127 cm³/mol. The molecule has 35 heavy (non-hydrogen) atoms. The first-order chi connectivity index (χ1) is 16.7. The van der Waals surface area contributed by atoms with Crippen LogP contribution in [0.2, 0.25) is 0 Å². The van der Waals surface area contributed by atoms with E-state index in [4.69, 9.17) is 14.1 Å². The molecule has 0 saturated carbocycles. The van der Waals surface area contributed by atoms with Crippen molar-refractivity contribution in [2.45, 2.75) is 31.8 Å². The van der Waals surface area contributed by atoms with E-state index in [1.165, 1.54) is 0 Å². The minimum Gasteiger partial charge on any atom is -0.546 e. The zero-order valence-corrected chi connectivity index (χ0v) is 21.7. The van der Waals surface area contributed by atoms with Gasteiger partial charge in [0, 0.05) is 17.2 Å². The van der Waals surface area contributed by atoms with Crippen LogP contribution in [-0.2, 0) is 17.8 Å². The number of hydrogen-bond donors (Lipinski definition) is 1. The number of carbonyl (C=O) groups is 1. The molecule has 1 N–H and O–H groups in total. The molecule has 5 rings (SSSR count). The van der Waals surface area contributed by atoms with E-state index in [1.807, 2.05) is 72.8 Å². The van der Waals surface area contributed by atoms with Crippen molar-refractivity contribution in [1.29, 1.82) is 0 Å². The number of carboxylic acids is 1. The molecule has 0 aliphatic heterocycles. The molecule has 172 valence electrons. The first-order valence-corrected chi connectivity index (χ1v) is 11.5. The number of nitrogens with one attached hydrogen (secondary N) is 1. The Morgan fingerprint density at radius 2 is 1.71 bits per heavy atom. The maximum atomic E-state index is 10.8. The van der Waals surface area contributed by atoms with Gasteiger partial charge in [-0.15, -0.1) is 0 Å². The van der Waals surface area contributed by atoms with Crippen LogP contribution < -0.4 is 44.7 Å². The average Bonchev–Trinajstić information content (AvgIpc) is 3.31. The second-order valence-electron chi connectivity index (χ2n) is 8.33. The van der Waals surface area contributed by atoms with Gasteiger partial charge in [-0.25, -0.2) is 4.98 Å². The van der Waals surface area contributed by atoms with E-state index in [-0.39, 0.29) is 35.6 Å². The number of aromatic nitrogens is 1. The van der Waals surface area contributed by atoms with Gasteiger partial charge in [0.15, 0.2) is 5.76 Å². The first-order valence-electron chi connectivity index (χ1n) is 11.5. The summed E-state index contributed by atoms with van der Waals surface area (Å²) >= 11 is 0. The molecule has 0 spiro atoms. The number of nitrogens with zero attached hydrogens (tertiary/aromatic N) is 1. The number of hydrogen-bond acceptors (Lipinski definition) is 6. The molecule has 3 aromatic carbocycles. The van der Waals surface area contributed by atoms with Crippen molar-refractivity contribution in [1.82, 2.24) is 10.3 Å². The Balaban J connectivity index is 0.00000289. The van der Waals surface area contributed by atoms with Crippen LogP contribution >= 0.6 is 0 Å². The quantitative estimate of drug-likeness (QED) is 0.386. The molecule has 0 fully saturated rings. The van der Waals surface area contributed by atoms with Crippen molar-refractivity contribution < 1.29 is 48.6 Å². The number of carboxylic acid groups (broad SMARTS) is 1. The van der Waals surface area contributed by atoms with Gasteiger partial charge in [-0.3, -0.25) is 0 Å². The van der Waals surface area contributed by atoms with Crippen LogP contribution in [0.5, 0.6) is 5.75 Å². The molecule has 4 aromatic rings. The summed E-state index contributed by atoms with van der Waals surface area (Å²) < 4.78 is 11.7. The minimum atomic E-state index is -1.23. The Hall–Kier alpha value is -2.90. The third-order valence-corrected chi connectivity index (χ3v) is 6.06. The van der Waals surface area contributed by atoms with Crippen LogP contribution in [0, 0.1) is 0 Å². The molecule has 0 amide bonds. The van der Waals surface area contributed by atoms with E-state index in [9.17, 15) is 9.90 Å². The third-order valence-electron chi connectivity index (χ3n) is 6.06. The predicted octanol–water partition coefficient (Wildman–Crippen LogP) is 1.31. The maximum absolute atomic E-state index is 10.8. The molecule has 6 nitrogen and oxygen atoms in total. The second-order valence-corrected chi connectivity index (χ2v) is 8.33. The Labute approximate surface area is 226 Å². The summed E-state index contributed by atoms with van der Waals surface area (Å²) in [5.74, 6) is 0.761. The Kier molecular flexibility index (Phi) is 8.42. The molecule has 7 heteroatoms. The summed E-state index contributed by atoms with van der Waals surface area (Å²) in [4.78, 5) is 15.7. The molecule has 1 atom stereocenters. The summed E-state index contributed by atoms with van der Waals surface area (Å²) in [7, 11) is 0. The number of benzene rings is 3. The van der Waals surface area contributed by atoms with Gasteiger partial charge >= 0.3 is 29.6 Å². The molecule has 1 heterocycles. The third kappa shape index (κ3) is 5.85. The van der Waals surface area contributed by atoms with Gasteiger partial charge in [0.1, 0.15) is 18.1 Å². The van der Waals surface area contributed by atoms with Gasteiger partial charge in [-0.2, -0.15) is 0 Å². The first kappa shape index (κ1) is 25.2. The number of carbonyl (C=O) groups excluding carboxylic acids is 1. The van der Waals surface area contributed by atoms with E-state index < -0.39 is 12.6 Å². The van der Waals surface area contributed by atoms with Crippen molar-refractivity contribution in [2.24, 2.45) is 0 Å². The molecule has 0 radical (unpaired) electrons. The summed E-state index contributed by atoms with van der Waals surface area (Å²) in [5, 5.41) is 14.4. The molecular weight excluding hydrogens is 451 g/mol. The molecule has 0 saturated heterocycles. The van der Waals surface area contributed by atoms with Gasteiger partial charge in [0.05, 0.1) is 12.5 Å². The minimum absolute atomic E-state index is 0. The number of ether oxygens (including phenoxy) is 1. The normalized spacial score (nSPS) is 14.6. The average molecular weight is 477 g/mol. The smallest absolute Gasteiger partial charge is 0.546 e. The number of fused-ring (bicyclic) bond motifs is 1. The maximum Gasteiger partial charge on any atom is 1.00 e. The summed E-state index contributed by atoms with van der Waals surface area (Å²) in [6, 6.07) is 25.9. The van der Waals surface area contributed by atoms with Crippen LogP contribution in [0.4, 0.5) is 0 Å². The Bertz CT molecular complexity index is 1220. The molecule has 1 aliphatic rings. The summed E-state index contributed by atoms with van der Waals surface area (Å²) in [5.41, 5.74) is 4.99. The van der Waals surface area contributed by atoms with Gasteiger partial charge in [-0.1, -0.05) is 72.8 Å². The van der Waals surface area contributed by atoms with Crippen molar-refractivity contribution in [3.05, 3.63) is 95.9 Å². The van der Waals surface area contributed by atoms with Gasteiger partial charge in [0.2, 0.25) is 5.89 Å². The van der Waals surface area contributed by atoms with Gasteiger partial charge in [-0.05, 0) is 36.5 Å². The number of oxazole rings is 1. The second kappa shape index (κ2) is 11.7. The summed E-state index contributed by atoms with van der Waals surface area (Å²) in [6.07, 6.45) is 2.80. The fraction of sp³-hybridized carbons (Fsp3) is 0.214. The Morgan fingerprint density at radius 1 is 1.00 bits per heavy atom. The fourth-order valence-electron chi connectivity index (χ4n) is 4.53. The Morgan fingerprint density at radius 3 is 2.43 bits per heavy atom. The fourth-order valence-corrected chi connectivity index (χ4v) is 4.53. The number of rotatable bonds is 8. The van der Waals surface area contributed by atoms with Crippen molar-refractivity contribution in [3.8, 4) is 28.3 Å². The van der Waals surface area contributed by atoms with E-state index in [2.05, 4.69) is 11.4 Å². The van der Waals surface area contributed by atoms with E-state index in [0.717, 1.165) is 53.0 Å². The van der Waals surface area contributed by atoms with Crippen molar-refractivity contribution in [3.63, 3.8) is 0 Å². The number of aliphatic carboxylic acids is 1. The van der Waals surface area contributed by atoms with Crippen LogP contribution in [0.1, 0.15) is 35.9 Å². The van der Waals surface area contributed by atoms with Gasteiger partial charge in [0.25, 0.3) is 0 Å². The van der Waals surface area contributed by atoms with Crippen LogP contribution in [0.3, 0.4) is 0 Å². The molecular formula is C28H25N2NaO4.